The summed E-state index contributed by atoms with van der Waals surface area (Å²) < 4.78 is 0. The fourth-order valence-corrected chi connectivity index (χ4v) is 1.17. The summed E-state index contributed by atoms with van der Waals surface area (Å²) in [5, 5.41) is 9.86. The van der Waals surface area contributed by atoms with Crippen molar-refractivity contribution in [2.45, 2.75) is 20.4 Å². The number of carbonyl (C=O) groups is 1. The zero-order chi connectivity index (χ0) is 11.3. The van der Waals surface area contributed by atoms with E-state index in [-0.39, 0.29) is 5.91 Å². The number of aryl methyl sites for hydroxylation is 1. The summed E-state index contributed by atoms with van der Waals surface area (Å²) in [4.78, 5) is 13.1. The fraction of sp³-hybridized carbons (Fsp3) is 0.600. The summed E-state index contributed by atoms with van der Waals surface area (Å²) in [5.41, 5.74) is 2.14. The lowest BCUT2D eigenvalue weighted by Gasteiger charge is -2.14. The molecule has 2 N–H and O–H groups in total. The van der Waals surface area contributed by atoms with Crippen LogP contribution in [0.5, 0.6) is 0 Å². The zero-order valence-electron chi connectivity index (χ0n) is 9.50. The Hall–Kier alpha value is -1.36. The van der Waals surface area contributed by atoms with E-state index in [0.717, 1.165) is 17.8 Å². The van der Waals surface area contributed by atoms with Gasteiger partial charge in [0, 0.05) is 31.4 Å². The van der Waals surface area contributed by atoms with Gasteiger partial charge in [-0.3, -0.25) is 9.89 Å². The Balaban J connectivity index is 2.28. The second kappa shape index (κ2) is 5.50. The van der Waals surface area contributed by atoms with Crippen molar-refractivity contribution in [2.75, 3.05) is 20.1 Å². The Morgan fingerprint density at radius 2 is 2.40 bits per heavy atom. The zero-order valence-corrected chi connectivity index (χ0v) is 9.50. The highest BCUT2D eigenvalue weighted by atomic mass is 16.2. The van der Waals surface area contributed by atoms with Gasteiger partial charge >= 0.3 is 0 Å². The molecule has 1 heterocycles. The lowest BCUT2D eigenvalue weighted by Crippen LogP contribution is -2.35. The van der Waals surface area contributed by atoms with Gasteiger partial charge < -0.3 is 10.2 Å². The molecular weight excluding hydrogens is 192 g/mol. The first kappa shape index (κ1) is 11.7. The van der Waals surface area contributed by atoms with Crippen LogP contribution in [0.2, 0.25) is 0 Å². The maximum absolute atomic E-state index is 11.4. The van der Waals surface area contributed by atoms with Gasteiger partial charge in [-0.05, 0) is 13.8 Å². The van der Waals surface area contributed by atoms with Crippen LogP contribution in [0.15, 0.2) is 6.20 Å². The van der Waals surface area contributed by atoms with Crippen molar-refractivity contribution >= 4 is 5.91 Å². The van der Waals surface area contributed by atoms with Crippen molar-refractivity contribution in [3.05, 3.63) is 17.5 Å². The summed E-state index contributed by atoms with van der Waals surface area (Å²) in [5.74, 6) is 0.110. The molecule has 0 radical (unpaired) electrons. The number of amides is 1. The van der Waals surface area contributed by atoms with Gasteiger partial charge in [-0.25, -0.2) is 0 Å². The highest BCUT2D eigenvalue weighted by Crippen LogP contribution is 2.00. The molecule has 1 aromatic rings. The molecule has 84 valence electrons. The number of likely N-dealkylation sites (N-methyl/N-ethyl adjacent to an activating group) is 1. The van der Waals surface area contributed by atoms with E-state index in [1.54, 1.807) is 18.1 Å². The Morgan fingerprint density at radius 3 is 2.93 bits per heavy atom. The molecule has 0 saturated carbocycles. The SMILES string of the molecule is CCN(C)C(=O)CNCc1cn[nH]c1C. The predicted molar refractivity (Wildman–Crippen MR) is 58.3 cm³/mol. The molecule has 5 nitrogen and oxygen atoms in total. The van der Waals surface area contributed by atoms with Crippen molar-refractivity contribution in [1.29, 1.82) is 0 Å². The molecule has 0 bridgehead atoms. The second-order valence-corrected chi connectivity index (χ2v) is 3.53. The van der Waals surface area contributed by atoms with Gasteiger partial charge in [-0.1, -0.05) is 0 Å². The van der Waals surface area contributed by atoms with E-state index in [0.29, 0.717) is 13.1 Å². The van der Waals surface area contributed by atoms with Crippen LogP contribution in [0, 0.1) is 6.92 Å². The summed E-state index contributed by atoms with van der Waals surface area (Å²) in [7, 11) is 1.80. The van der Waals surface area contributed by atoms with Gasteiger partial charge in [0.05, 0.1) is 12.7 Å². The van der Waals surface area contributed by atoms with E-state index in [1.807, 2.05) is 13.8 Å². The van der Waals surface area contributed by atoms with Crippen molar-refractivity contribution in [3.63, 3.8) is 0 Å². The molecule has 0 atom stereocenters. The molecule has 0 fully saturated rings. The summed E-state index contributed by atoms with van der Waals surface area (Å²) in [6.07, 6.45) is 1.77. The van der Waals surface area contributed by atoms with E-state index in [9.17, 15) is 4.79 Å². The van der Waals surface area contributed by atoms with E-state index in [4.69, 9.17) is 0 Å². The minimum Gasteiger partial charge on any atom is -0.345 e. The van der Waals surface area contributed by atoms with Crippen molar-refractivity contribution < 1.29 is 4.79 Å². The largest absolute Gasteiger partial charge is 0.345 e. The van der Waals surface area contributed by atoms with Crippen LogP contribution in [0.25, 0.3) is 0 Å². The third kappa shape index (κ3) is 3.36. The molecule has 1 aromatic heterocycles. The standard InChI is InChI=1S/C10H18N4O/c1-4-14(3)10(15)7-11-5-9-6-12-13-8(9)2/h6,11H,4-5,7H2,1-3H3,(H,12,13). The Kier molecular flexibility index (Phi) is 4.30. The molecule has 0 aromatic carbocycles. The summed E-state index contributed by atoms with van der Waals surface area (Å²) in [6, 6.07) is 0. The molecule has 0 aliphatic heterocycles. The van der Waals surface area contributed by atoms with Crippen LogP contribution in [-0.2, 0) is 11.3 Å². The van der Waals surface area contributed by atoms with Crippen LogP contribution < -0.4 is 5.32 Å². The van der Waals surface area contributed by atoms with Gasteiger partial charge in [0.1, 0.15) is 0 Å². The second-order valence-electron chi connectivity index (χ2n) is 3.53. The van der Waals surface area contributed by atoms with Crippen LogP contribution >= 0.6 is 0 Å². The first-order valence-corrected chi connectivity index (χ1v) is 5.08. The number of carbonyl (C=O) groups excluding carboxylic acids is 1. The third-order valence-electron chi connectivity index (χ3n) is 2.43. The average molecular weight is 210 g/mol. The van der Waals surface area contributed by atoms with Gasteiger partial charge in [-0.15, -0.1) is 0 Å². The molecule has 0 saturated heterocycles. The Morgan fingerprint density at radius 1 is 1.67 bits per heavy atom. The molecule has 1 amide bonds. The highest BCUT2D eigenvalue weighted by molar-refractivity contribution is 5.77. The third-order valence-corrected chi connectivity index (χ3v) is 2.43. The molecule has 0 aliphatic carbocycles. The van der Waals surface area contributed by atoms with Crippen LogP contribution in [0.3, 0.4) is 0 Å². The van der Waals surface area contributed by atoms with E-state index < -0.39 is 0 Å². The Bertz CT molecular complexity index is 321. The summed E-state index contributed by atoms with van der Waals surface area (Å²) in [6.45, 7) is 5.70. The van der Waals surface area contributed by atoms with E-state index in [2.05, 4.69) is 15.5 Å². The minimum absolute atomic E-state index is 0.110. The number of nitrogens with zero attached hydrogens (tertiary/aromatic N) is 2. The molecule has 0 aliphatic rings. The van der Waals surface area contributed by atoms with E-state index >= 15 is 0 Å². The first-order chi connectivity index (χ1) is 7.15. The normalized spacial score (nSPS) is 10.3. The molecular formula is C10H18N4O. The highest BCUT2D eigenvalue weighted by Gasteiger charge is 2.06. The number of aromatic amines is 1. The maximum atomic E-state index is 11.4. The monoisotopic (exact) mass is 210 g/mol. The topological polar surface area (TPSA) is 61.0 Å². The Labute approximate surface area is 89.9 Å². The predicted octanol–water partition coefficient (Wildman–Crippen LogP) is 0.286. The van der Waals surface area contributed by atoms with E-state index in [1.165, 1.54) is 0 Å². The van der Waals surface area contributed by atoms with Crippen LogP contribution in [-0.4, -0.2) is 41.1 Å². The number of hydrogen-bond donors (Lipinski definition) is 2. The van der Waals surface area contributed by atoms with Gasteiger partial charge in [0.15, 0.2) is 0 Å². The molecule has 1 rings (SSSR count). The smallest absolute Gasteiger partial charge is 0.236 e. The fourth-order valence-electron chi connectivity index (χ4n) is 1.17. The van der Waals surface area contributed by atoms with Gasteiger partial charge in [0.25, 0.3) is 0 Å². The van der Waals surface area contributed by atoms with Crippen LogP contribution in [0.4, 0.5) is 0 Å². The molecule has 0 spiro atoms. The minimum atomic E-state index is 0.110. The number of nitrogens with one attached hydrogen (secondary N) is 2. The first-order valence-electron chi connectivity index (χ1n) is 5.08. The van der Waals surface area contributed by atoms with Gasteiger partial charge in [-0.2, -0.15) is 5.10 Å². The van der Waals surface area contributed by atoms with Gasteiger partial charge in [0.2, 0.25) is 5.91 Å². The lowest BCUT2D eigenvalue weighted by atomic mass is 10.2. The van der Waals surface area contributed by atoms with Crippen molar-refractivity contribution in [3.8, 4) is 0 Å². The average Bonchev–Trinajstić information content (AvgIpc) is 2.63. The number of rotatable bonds is 5. The molecule has 15 heavy (non-hydrogen) atoms. The number of aromatic nitrogens is 2. The quantitative estimate of drug-likeness (QED) is 0.734. The summed E-state index contributed by atoms with van der Waals surface area (Å²) >= 11 is 0. The number of H-pyrrole nitrogens is 1. The maximum Gasteiger partial charge on any atom is 0.236 e. The number of hydrogen-bond acceptors (Lipinski definition) is 3. The molecule has 5 heteroatoms. The van der Waals surface area contributed by atoms with Crippen LogP contribution in [0.1, 0.15) is 18.2 Å². The van der Waals surface area contributed by atoms with Crippen molar-refractivity contribution in [2.24, 2.45) is 0 Å². The lowest BCUT2D eigenvalue weighted by molar-refractivity contribution is -0.128. The van der Waals surface area contributed by atoms with Crippen molar-refractivity contribution in [1.82, 2.24) is 20.4 Å². The molecule has 0 unspecified atom stereocenters.